The molecular weight excluding hydrogens is 418 g/mol. The number of halogens is 1. The Balaban J connectivity index is 2.38. The number of hydrogen-bond donors (Lipinski definition) is 1. The third-order valence-electron chi connectivity index (χ3n) is 5.22. The highest BCUT2D eigenvalue weighted by Gasteiger charge is 2.30. The van der Waals surface area contributed by atoms with E-state index >= 15 is 0 Å². The monoisotopic (exact) mass is 445 g/mol. The van der Waals surface area contributed by atoms with Gasteiger partial charge in [0.05, 0.1) is 11.3 Å². The number of rotatable bonds is 10. The molecular formula is C23H28ClN3O4. The van der Waals surface area contributed by atoms with E-state index in [2.05, 4.69) is 5.32 Å². The highest BCUT2D eigenvalue weighted by Crippen LogP contribution is 2.23. The Kier molecular flexibility index (Phi) is 9.00. The molecule has 0 bridgehead atoms. The van der Waals surface area contributed by atoms with E-state index in [1.165, 1.54) is 11.0 Å². The molecule has 0 aliphatic carbocycles. The molecule has 2 atom stereocenters. The number of nitrogens with zero attached hydrogens (tertiary/aromatic N) is 2. The van der Waals surface area contributed by atoms with Gasteiger partial charge in [0.25, 0.3) is 5.69 Å². The fraction of sp³-hybridized carbons (Fsp3) is 0.391. The molecule has 0 saturated carbocycles. The van der Waals surface area contributed by atoms with Crippen LogP contribution in [0.3, 0.4) is 0 Å². The lowest BCUT2D eigenvalue weighted by Crippen LogP contribution is -2.51. The highest BCUT2D eigenvalue weighted by atomic mass is 35.5. The van der Waals surface area contributed by atoms with Crippen molar-refractivity contribution in [3.63, 3.8) is 0 Å². The van der Waals surface area contributed by atoms with E-state index in [-0.39, 0.29) is 36.5 Å². The van der Waals surface area contributed by atoms with E-state index in [0.29, 0.717) is 22.6 Å². The topological polar surface area (TPSA) is 92.6 Å². The summed E-state index contributed by atoms with van der Waals surface area (Å²) in [6.45, 7) is 5.83. The van der Waals surface area contributed by atoms with E-state index in [1.54, 1.807) is 36.4 Å². The van der Waals surface area contributed by atoms with Gasteiger partial charge < -0.3 is 10.2 Å². The fourth-order valence-corrected chi connectivity index (χ4v) is 3.47. The zero-order valence-electron chi connectivity index (χ0n) is 18.0. The first kappa shape index (κ1) is 24.3. The summed E-state index contributed by atoms with van der Waals surface area (Å²) in [4.78, 5) is 38.6. The van der Waals surface area contributed by atoms with Crippen molar-refractivity contribution in [3.8, 4) is 0 Å². The second-order valence-electron chi connectivity index (χ2n) is 7.42. The van der Waals surface area contributed by atoms with Crippen molar-refractivity contribution < 1.29 is 14.5 Å². The summed E-state index contributed by atoms with van der Waals surface area (Å²) in [5, 5.41) is 14.8. The number of hydrogen-bond acceptors (Lipinski definition) is 4. The molecule has 7 nitrogen and oxygen atoms in total. The average Bonchev–Trinajstić information content (AvgIpc) is 2.74. The predicted molar refractivity (Wildman–Crippen MR) is 121 cm³/mol. The van der Waals surface area contributed by atoms with Crippen molar-refractivity contribution in [3.05, 3.63) is 74.8 Å². The molecule has 2 rings (SSSR count). The molecule has 166 valence electrons. The van der Waals surface area contributed by atoms with Gasteiger partial charge in [0.1, 0.15) is 6.04 Å². The van der Waals surface area contributed by atoms with Crippen LogP contribution in [0.2, 0.25) is 5.02 Å². The lowest BCUT2D eigenvalue weighted by Gasteiger charge is -2.31. The minimum absolute atomic E-state index is 0.0333. The Morgan fingerprint density at radius 1 is 1.06 bits per heavy atom. The molecule has 0 heterocycles. The number of nitro benzene ring substituents is 1. The molecule has 2 aromatic rings. The smallest absolute Gasteiger partial charge is 0.273 e. The number of nitro groups is 1. The van der Waals surface area contributed by atoms with E-state index in [0.717, 1.165) is 6.42 Å². The first-order chi connectivity index (χ1) is 14.8. The Morgan fingerprint density at radius 2 is 1.68 bits per heavy atom. The highest BCUT2D eigenvalue weighted by molar-refractivity contribution is 6.31. The van der Waals surface area contributed by atoms with Crippen LogP contribution in [0, 0.1) is 10.1 Å². The van der Waals surface area contributed by atoms with E-state index in [4.69, 9.17) is 11.6 Å². The van der Waals surface area contributed by atoms with Crippen LogP contribution < -0.4 is 5.32 Å². The van der Waals surface area contributed by atoms with Crippen molar-refractivity contribution >= 4 is 29.1 Å². The van der Waals surface area contributed by atoms with Crippen molar-refractivity contribution in [2.75, 3.05) is 0 Å². The van der Waals surface area contributed by atoms with Gasteiger partial charge >= 0.3 is 0 Å². The molecule has 0 aliphatic heterocycles. The Morgan fingerprint density at radius 3 is 2.26 bits per heavy atom. The molecule has 0 aliphatic rings. The van der Waals surface area contributed by atoms with Gasteiger partial charge in [-0.2, -0.15) is 0 Å². The minimum atomic E-state index is -0.722. The summed E-state index contributed by atoms with van der Waals surface area (Å²) < 4.78 is 0. The standard InChI is InChI=1S/C23H28ClN3O4/c1-4-16(3)25-23(29)20(5-2)26(15-18-11-6-8-12-19(18)24)22(28)14-17-10-7-9-13-21(17)27(30)31/h6-13,16,20H,4-5,14-15H2,1-3H3,(H,25,29)/t16-,20+/m1/s1. The maximum atomic E-state index is 13.3. The maximum Gasteiger partial charge on any atom is 0.273 e. The zero-order valence-corrected chi connectivity index (χ0v) is 18.8. The number of carbonyl (C=O) groups excluding carboxylic acids is 2. The number of para-hydroxylation sites is 1. The van der Waals surface area contributed by atoms with Crippen LogP contribution in [0.5, 0.6) is 0 Å². The summed E-state index contributed by atoms with van der Waals surface area (Å²) >= 11 is 6.31. The molecule has 8 heteroatoms. The summed E-state index contributed by atoms with van der Waals surface area (Å²) in [7, 11) is 0. The van der Waals surface area contributed by atoms with Crippen LogP contribution in [0.4, 0.5) is 5.69 Å². The van der Waals surface area contributed by atoms with Crippen molar-refractivity contribution in [2.24, 2.45) is 0 Å². The molecule has 0 fully saturated rings. The van der Waals surface area contributed by atoms with Gasteiger partial charge in [0.2, 0.25) is 11.8 Å². The van der Waals surface area contributed by atoms with E-state index in [9.17, 15) is 19.7 Å². The maximum absolute atomic E-state index is 13.3. The largest absolute Gasteiger partial charge is 0.352 e. The summed E-state index contributed by atoms with van der Waals surface area (Å²) in [6.07, 6.45) is 0.973. The quantitative estimate of drug-likeness (QED) is 0.430. The van der Waals surface area contributed by atoms with E-state index < -0.39 is 11.0 Å². The second-order valence-corrected chi connectivity index (χ2v) is 7.82. The summed E-state index contributed by atoms with van der Waals surface area (Å²) in [6, 6.07) is 12.5. The van der Waals surface area contributed by atoms with Crippen LogP contribution in [-0.4, -0.2) is 33.7 Å². The number of benzene rings is 2. The van der Waals surface area contributed by atoms with Crippen molar-refractivity contribution in [1.82, 2.24) is 10.2 Å². The Labute approximate surface area is 187 Å². The molecule has 0 spiro atoms. The van der Waals surface area contributed by atoms with Crippen LogP contribution >= 0.6 is 11.6 Å². The fourth-order valence-electron chi connectivity index (χ4n) is 3.27. The summed E-state index contributed by atoms with van der Waals surface area (Å²) in [5.41, 5.74) is 0.888. The first-order valence-corrected chi connectivity index (χ1v) is 10.7. The van der Waals surface area contributed by atoms with Gasteiger partial charge in [-0.05, 0) is 31.4 Å². The normalized spacial score (nSPS) is 12.6. The van der Waals surface area contributed by atoms with Crippen LogP contribution in [0.1, 0.15) is 44.7 Å². The molecule has 2 amide bonds. The summed E-state index contributed by atoms with van der Waals surface area (Å²) in [5.74, 6) is -0.625. The number of amides is 2. The molecule has 1 N–H and O–H groups in total. The van der Waals surface area contributed by atoms with Gasteiger partial charge in [0.15, 0.2) is 0 Å². The second kappa shape index (κ2) is 11.5. The SMILES string of the molecule is CC[C@@H](C)NC(=O)[C@H](CC)N(Cc1ccccc1Cl)C(=O)Cc1ccccc1[N+](=O)[O-]. The third kappa shape index (κ3) is 6.52. The lowest BCUT2D eigenvalue weighted by atomic mass is 10.0. The van der Waals surface area contributed by atoms with Gasteiger partial charge in [-0.3, -0.25) is 19.7 Å². The average molecular weight is 446 g/mol. The van der Waals surface area contributed by atoms with Crippen molar-refractivity contribution in [2.45, 2.75) is 58.7 Å². The molecule has 0 aromatic heterocycles. The predicted octanol–water partition coefficient (Wildman–Crippen LogP) is 4.51. The van der Waals surface area contributed by atoms with Gasteiger partial charge in [-0.15, -0.1) is 0 Å². The molecule has 31 heavy (non-hydrogen) atoms. The van der Waals surface area contributed by atoms with E-state index in [1.807, 2.05) is 26.8 Å². The first-order valence-electron chi connectivity index (χ1n) is 10.3. The number of nitrogens with one attached hydrogen (secondary N) is 1. The Hall–Kier alpha value is -2.93. The van der Waals surface area contributed by atoms with Gasteiger partial charge in [-0.25, -0.2) is 0 Å². The Bertz CT molecular complexity index is 935. The molecule has 0 radical (unpaired) electrons. The van der Waals surface area contributed by atoms with Crippen molar-refractivity contribution in [1.29, 1.82) is 0 Å². The zero-order chi connectivity index (χ0) is 23.0. The molecule has 0 unspecified atom stereocenters. The minimum Gasteiger partial charge on any atom is -0.352 e. The third-order valence-corrected chi connectivity index (χ3v) is 5.58. The van der Waals surface area contributed by atoms with Crippen LogP contribution in [-0.2, 0) is 22.6 Å². The van der Waals surface area contributed by atoms with Gasteiger partial charge in [0, 0.05) is 29.2 Å². The lowest BCUT2D eigenvalue weighted by molar-refractivity contribution is -0.385. The van der Waals surface area contributed by atoms with Crippen LogP contribution in [0.25, 0.3) is 0 Å². The molecule has 0 saturated heterocycles. The van der Waals surface area contributed by atoms with Crippen LogP contribution in [0.15, 0.2) is 48.5 Å². The number of carbonyl (C=O) groups is 2. The molecule has 2 aromatic carbocycles. The van der Waals surface area contributed by atoms with Gasteiger partial charge in [-0.1, -0.05) is 61.8 Å².